The van der Waals surface area contributed by atoms with Crippen LogP contribution in [0.1, 0.15) is 49.3 Å². The maximum absolute atomic E-state index is 12.4. The van der Waals surface area contributed by atoms with E-state index in [0.29, 0.717) is 12.0 Å². The average molecular weight is 270 g/mol. The number of halogens is 3. The molecule has 1 aromatic rings. The predicted molar refractivity (Wildman–Crippen MR) is 67.6 cm³/mol. The maximum atomic E-state index is 12.4. The van der Waals surface area contributed by atoms with Crippen LogP contribution in [-0.2, 0) is 6.18 Å². The molecule has 1 unspecified atom stereocenters. The van der Waals surface area contributed by atoms with E-state index in [4.69, 9.17) is 0 Å². The highest BCUT2D eigenvalue weighted by Gasteiger charge is 2.30. The van der Waals surface area contributed by atoms with Gasteiger partial charge in [-0.05, 0) is 49.8 Å². The molecule has 1 aliphatic rings. The smallest absolute Gasteiger partial charge is 0.388 e. The molecule has 0 heterocycles. The lowest BCUT2D eigenvalue weighted by atomic mass is 9.93. The standard InChI is InChI=1S/C15H17F3O/c16-15(17,18)13-8-6-12(7-9-13)14(19)10-11-4-2-1-3-5-11/h4,6-9,14,19H,1-3,5,10H2. The Bertz CT molecular complexity index is 445. The van der Waals surface area contributed by atoms with Gasteiger partial charge in [-0.15, -0.1) is 0 Å². The van der Waals surface area contributed by atoms with Crippen LogP contribution in [-0.4, -0.2) is 5.11 Å². The van der Waals surface area contributed by atoms with Gasteiger partial charge in [0.1, 0.15) is 0 Å². The first-order valence-electron chi connectivity index (χ1n) is 6.50. The molecule has 19 heavy (non-hydrogen) atoms. The van der Waals surface area contributed by atoms with Crippen molar-refractivity contribution in [1.29, 1.82) is 0 Å². The van der Waals surface area contributed by atoms with Crippen molar-refractivity contribution in [2.24, 2.45) is 0 Å². The molecule has 4 heteroatoms. The second-order valence-electron chi connectivity index (χ2n) is 4.95. The van der Waals surface area contributed by atoms with Crippen LogP contribution in [0.15, 0.2) is 35.9 Å². The summed E-state index contributed by atoms with van der Waals surface area (Å²) in [5.41, 5.74) is 1.07. The van der Waals surface area contributed by atoms with Crippen molar-refractivity contribution < 1.29 is 18.3 Å². The fraction of sp³-hybridized carbons (Fsp3) is 0.467. The van der Waals surface area contributed by atoms with Gasteiger partial charge in [-0.3, -0.25) is 0 Å². The maximum Gasteiger partial charge on any atom is 0.416 e. The summed E-state index contributed by atoms with van der Waals surface area (Å²) in [6.45, 7) is 0. The Balaban J connectivity index is 2.03. The van der Waals surface area contributed by atoms with Crippen LogP contribution in [0.3, 0.4) is 0 Å². The molecule has 0 spiro atoms. The Morgan fingerprint density at radius 2 is 1.79 bits per heavy atom. The van der Waals surface area contributed by atoms with Gasteiger partial charge in [0, 0.05) is 0 Å². The molecule has 0 aromatic heterocycles. The van der Waals surface area contributed by atoms with Crippen molar-refractivity contribution in [3.8, 4) is 0 Å². The number of alkyl halides is 3. The highest BCUT2D eigenvalue weighted by molar-refractivity contribution is 5.27. The van der Waals surface area contributed by atoms with Gasteiger partial charge < -0.3 is 5.11 Å². The van der Waals surface area contributed by atoms with E-state index in [2.05, 4.69) is 6.08 Å². The molecule has 0 amide bonds. The number of benzene rings is 1. The van der Waals surface area contributed by atoms with Crippen molar-refractivity contribution in [3.05, 3.63) is 47.0 Å². The van der Waals surface area contributed by atoms with Crippen LogP contribution in [0.4, 0.5) is 13.2 Å². The summed E-state index contributed by atoms with van der Waals surface area (Å²) in [6, 6.07) is 4.76. The van der Waals surface area contributed by atoms with Crippen LogP contribution in [0, 0.1) is 0 Å². The molecule has 0 fully saturated rings. The topological polar surface area (TPSA) is 20.2 Å². The first-order valence-corrected chi connectivity index (χ1v) is 6.50. The predicted octanol–water partition coefficient (Wildman–Crippen LogP) is 4.63. The number of aliphatic hydroxyl groups is 1. The molecule has 1 N–H and O–H groups in total. The molecule has 1 atom stereocenters. The molecule has 0 bridgehead atoms. The van der Waals surface area contributed by atoms with Crippen LogP contribution in [0.2, 0.25) is 0 Å². The molecule has 0 radical (unpaired) electrons. The van der Waals surface area contributed by atoms with Gasteiger partial charge in [0.15, 0.2) is 0 Å². The Morgan fingerprint density at radius 3 is 2.32 bits per heavy atom. The van der Waals surface area contributed by atoms with Crippen LogP contribution < -0.4 is 0 Å². The van der Waals surface area contributed by atoms with Gasteiger partial charge in [0.2, 0.25) is 0 Å². The third-order valence-corrected chi connectivity index (χ3v) is 3.46. The first kappa shape index (κ1) is 14.1. The van der Waals surface area contributed by atoms with E-state index in [1.165, 1.54) is 24.1 Å². The molecular formula is C15H17F3O. The van der Waals surface area contributed by atoms with Crippen LogP contribution in [0.25, 0.3) is 0 Å². The van der Waals surface area contributed by atoms with E-state index in [0.717, 1.165) is 31.4 Å². The average Bonchev–Trinajstić information content (AvgIpc) is 2.39. The monoisotopic (exact) mass is 270 g/mol. The van der Waals surface area contributed by atoms with Crippen molar-refractivity contribution >= 4 is 0 Å². The van der Waals surface area contributed by atoms with E-state index >= 15 is 0 Å². The zero-order valence-electron chi connectivity index (χ0n) is 10.6. The molecule has 0 saturated heterocycles. The summed E-state index contributed by atoms with van der Waals surface area (Å²) in [5.74, 6) is 0. The lowest BCUT2D eigenvalue weighted by Crippen LogP contribution is -2.06. The Hall–Kier alpha value is -1.29. The van der Waals surface area contributed by atoms with Crippen molar-refractivity contribution in [2.75, 3.05) is 0 Å². The summed E-state index contributed by atoms with van der Waals surface area (Å²) < 4.78 is 37.3. The molecule has 0 aliphatic heterocycles. The largest absolute Gasteiger partial charge is 0.416 e. The van der Waals surface area contributed by atoms with Crippen molar-refractivity contribution in [1.82, 2.24) is 0 Å². The fourth-order valence-electron chi connectivity index (χ4n) is 2.35. The molecule has 1 nitrogen and oxygen atoms in total. The second-order valence-corrected chi connectivity index (χ2v) is 4.95. The SMILES string of the molecule is OC(CC1=CCCCC1)c1ccc(C(F)(F)F)cc1. The van der Waals surface area contributed by atoms with Gasteiger partial charge >= 0.3 is 6.18 Å². The summed E-state index contributed by atoms with van der Waals surface area (Å²) in [4.78, 5) is 0. The minimum absolute atomic E-state index is 0.519. The second kappa shape index (κ2) is 5.78. The zero-order chi connectivity index (χ0) is 13.9. The van der Waals surface area contributed by atoms with Gasteiger partial charge in [0.05, 0.1) is 11.7 Å². The number of allylic oxidation sites excluding steroid dienone is 1. The lowest BCUT2D eigenvalue weighted by molar-refractivity contribution is -0.137. The van der Waals surface area contributed by atoms with E-state index in [1.54, 1.807) is 0 Å². The Kier molecular flexibility index (Phi) is 4.30. The third-order valence-electron chi connectivity index (χ3n) is 3.46. The fourth-order valence-corrected chi connectivity index (χ4v) is 2.35. The van der Waals surface area contributed by atoms with E-state index in [-0.39, 0.29) is 0 Å². The zero-order valence-corrected chi connectivity index (χ0v) is 10.6. The molecule has 0 saturated carbocycles. The molecule has 1 aromatic carbocycles. The van der Waals surface area contributed by atoms with Gasteiger partial charge in [0.25, 0.3) is 0 Å². The number of hydrogen-bond acceptors (Lipinski definition) is 1. The molecule has 2 rings (SSSR count). The Labute approximate surface area is 110 Å². The minimum atomic E-state index is -4.32. The normalized spacial score (nSPS) is 18.0. The summed E-state index contributed by atoms with van der Waals surface area (Å²) in [5, 5.41) is 10.0. The number of hydrogen-bond donors (Lipinski definition) is 1. The minimum Gasteiger partial charge on any atom is -0.388 e. The van der Waals surface area contributed by atoms with Crippen molar-refractivity contribution in [2.45, 2.75) is 44.4 Å². The highest BCUT2D eigenvalue weighted by Crippen LogP contribution is 2.31. The van der Waals surface area contributed by atoms with Gasteiger partial charge in [-0.1, -0.05) is 23.8 Å². The summed E-state index contributed by atoms with van der Waals surface area (Å²) in [7, 11) is 0. The van der Waals surface area contributed by atoms with Gasteiger partial charge in [-0.2, -0.15) is 13.2 Å². The first-order chi connectivity index (χ1) is 8.97. The summed E-state index contributed by atoms with van der Waals surface area (Å²) in [6.07, 6.45) is 1.95. The van der Waals surface area contributed by atoms with E-state index in [9.17, 15) is 18.3 Å². The van der Waals surface area contributed by atoms with Crippen LogP contribution in [0.5, 0.6) is 0 Å². The van der Waals surface area contributed by atoms with Crippen molar-refractivity contribution in [3.63, 3.8) is 0 Å². The number of aliphatic hydroxyl groups excluding tert-OH is 1. The third kappa shape index (κ3) is 3.83. The molecule has 104 valence electrons. The quantitative estimate of drug-likeness (QED) is 0.794. The van der Waals surface area contributed by atoms with Crippen LogP contribution >= 0.6 is 0 Å². The lowest BCUT2D eigenvalue weighted by Gasteiger charge is -2.17. The highest BCUT2D eigenvalue weighted by atomic mass is 19.4. The van der Waals surface area contributed by atoms with E-state index in [1.807, 2.05) is 0 Å². The molecular weight excluding hydrogens is 253 g/mol. The molecule has 1 aliphatic carbocycles. The van der Waals surface area contributed by atoms with Gasteiger partial charge in [-0.25, -0.2) is 0 Å². The Morgan fingerprint density at radius 1 is 1.11 bits per heavy atom. The van der Waals surface area contributed by atoms with E-state index < -0.39 is 17.8 Å². The summed E-state index contributed by atoms with van der Waals surface area (Å²) >= 11 is 0. The number of rotatable bonds is 3.